The van der Waals surface area contributed by atoms with Crippen LogP contribution in [0.5, 0.6) is 5.75 Å². The number of aryl methyl sites for hydroxylation is 1. The van der Waals surface area contributed by atoms with Gasteiger partial charge in [0.1, 0.15) is 11.4 Å². The predicted molar refractivity (Wildman–Crippen MR) is 128 cm³/mol. The molecular formula is C21H18N4O9S2. The first-order valence-electron chi connectivity index (χ1n) is 9.74. The van der Waals surface area contributed by atoms with Crippen molar-refractivity contribution in [2.45, 2.75) is 16.7 Å². The highest BCUT2D eigenvalue weighted by Gasteiger charge is 2.16. The fraction of sp³-hybridized carbons (Fsp3) is 0.0476. The zero-order valence-electron chi connectivity index (χ0n) is 18.3. The van der Waals surface area contributed by atoms with Crippen LogP contribution in [-0.4, -0.2) is 40.2 Å². The lowest BCUT2D eigenvalue weighted by atomic mass is 10.2. The molecule has 0 saturated carbocycles. The molecule has 0 radical (unpaired) electrons. The molecule has 13 nitrogen and oxygen atoms in total. The number of carbonyl (C=O) groups is 1. The number of phenolic OH excluding ortho intramolecular Hbond substituents is 1. The van der Waals surface area contributed by atoms with Crippen molar-refractivity contribution in [2.24, 2.45) is 15.3 Å². The third-order valence-electron chi connectivity index (χ3n) is 4.50. The Hall–Kier alpha value is -3.86. The van der Waals surface area contributed by atoms with Gasteiger partial charge in [0.25, 0.3) is 10.1 Å². The molecule has 0 saturated heterocycles. The number of amidine groups is 1. The average Bonchev–Trinajstić information content (AvgIpc) is 2.84. The SMILES string of the molecule is Cc1cc(S(=O)(=O)O)cc(N/N=C(\N=Nc2cc(SOOO)ccc2C(=O)O)c2ccccc2)c1O. The van der Waals surface area contributed by atoms with E-state index in [4.69, 9.17) is 5.26 Å². The smallest absolute Gasteiger partial charge is 0.337 e. The summed E-state index contributed by atoms with van der Waals surface area (Å²) >= 11 is 0.593. The molecule has 0 heterocycles. The highest BCUT2D eigenvalue weighted by Crippen LogP contribution is 2.31. The Labute approximate surface area is 208 Å². The van der Waals surface area contributed by atoms with Crippen LogP contribution >= 0.6 is 12.0 Å². The van der Waals surface area contributed by atoms with Gasteiger partial charge in [0.15, 0.2) is 0 Å². The number of aromatic hydroxyl groups is 1. The second-order valence-corrected chi connectivity index (χ2v) is 9.13. The van der Waals surface area contributed by atoms with E-state index >= 15 is 0 Å². The van der Waals surface area contributed by atoms with Gasteiger partial charge < -0.3 is 10.2 Å². The van der Waals surface area contributed by atoms with E-state index in [1.165, 1.54) is 25.1 Å². The van der Waals surface area contributed by atoms with E-state index in [0.717, 1.165) is 12.1 Å². The molecule has 3 aromatic rings. The Morgan fingerprint density at radius 2 is 1.81 bits per heavy atom. The van der Waals surface area contributed by atoms with Crippen LogP contribution < -0.4 is 5.43 Å². The minimum atomic E-state index is -4.56. The van der Waals surface area contributed by atoms with Crippen molar-refractivity contribution < 1.29 is 42.6 Å². The zero-order valence-corrected chi connectivity index (χ0v) is 19.9. The fourth-order valence-electron chi connectivity index (χ4n) is 2.81. The summed E-state index contributed by atoms with van der Waals surface area (Å²) in [5.74, 6) is -1.66. The molecule has 3 rings (SSSR count). The predicted octanol–water partition coefficient (Wildman–Crippen LogP) is 4.63. The van der Waals surface area contributed by atoms with E-state index < -0.39 is 21.0 Å². The summed E-state index contributed by atoms with van der Waals surface area (Å²) < 4.78 is 36.8. The molecule has 0 aromatic heterocycles. The van der Waals surface area contributed by atoms with Crippen LogP contribution in [0, 0.1) is 6.92 Å². The Kier molecular flexibility index (Phi) is 8.70. The summed E-state index contributed by atoms with van der Waals surface area (Å²) in [6.07, 6.45) is 0. The number of carboxylic acids is 1. The van der Waals surface area contributed by atoms with Crippen LogP contribution in [0.4, 0.5) is 11.4 Å². The van der Waals surface area contributed by atoms with Gasteiger partial charge in [-0.15, -0.1) is 14.6 Å². The lowest BCUT2D eigenvalue weighted by molar-refractivity contribution is -0.432. The summed E-state index contributed by atoms with van der Waals surface area (Å²) in [5, 5.41) is 43.7. The molecule has 0 atom stereocenters. The van der Waals surface area contributed by atoms with Crippen LogP contribution in [0.15, 0.2) is 85.8 Å². The van der Waals surface area contributed by atoms with E-state index in [9.17, 15) is 28.0 Å². The molecule has 0 fully saturated rings. The summed E-state index contributed by atoms with van der Waals surface area (Å²) in [5.41, 5.74) is 2.68. The number of nitrogens with zero attached hydrogens (tertiary/aromatic N) is 3. The second-order valence-electron chi connectivity index (χ2n) is 6.93. The molecule has 36 heavy (non-hydrogen) atoms. The molecule has 15 heteroatoms. The molecule has 0 amide bonds. The number of nitrogens with one attached hydrogen (secondary N) is 1. The molecular weight excluding hydrogens is 516 g/mol. The third-order valence-corrected chi connectivity index (χ3v) is 5.91. The molecule has 0 bridgehead atoms. The van der Waals surface area contributed by atoms with Crippen molar-refractivity contribution in [3.05, 3.63) is 77.4 Å². The normalized spacial score (nSPS) is 12.1. The van der Waals surface area contributed by atoms with E-state index in [-0.39, 0.29) is 34.1 Å². The third kappa shape index (κ3) is 6.85. The highest BCUT2D eigenvalue weighted by atomic mass is 32.2. The maximum Gasteiger partial charge on any atom is 0.337 e. The number of hydrogen-bond donors (Lipinski definition) is 5. The van der Waals surface area contributed by atoms with Crippen molar-refractivity contribution in [1.82, 2.24) is 0 Å². The first-order valence-corrected chi connectivity index (χ1v) is 11.9. The number of aromatic carboxylic acids is 1. The number of benzene rings is 3. The summed E-state index contributed by atoms with van der Waals surface area (Å²) in [7, 11) is -4.56. The summed E-state index contributed by atoms with van der Waals surface area (Å²) in [4.78, 5) is 11.5. The number of anilines is 1. The highest BCUT2D eigenvalue weighted by molar-refractivity contribution is 7.94. The Morgan fingerprint density at radius 1 is 1.08 bits per heavy atom. The molecule has 0 spiro atoms. The van der Waals surface area contributed by atoms with E-state index in [1.807, 2.05) is 0 Å². The summed E-state index contributed by atoms with van der Waals surface area (Å²) in [6, 6.07) is 14.4. The minimum Gasteiger partial charge on any atom is -0.505 e. The molecule has 5 N–H and O–H groups in total. The van der Waals surface area contributed by atoms with Gasteiger partial charge in [-0.2, -0.15) is 13.5 Å². The quantitative estimate of drug-likeness (QED) is 0.0374. The summed E-state index contributed by atoms with van der Waals surface area (Å²) in [6.45, 7) is 1.43. The number of hydrazone groups is 1. The molecule has 188 valence electrons. The van der Waals surface area contributed by atoms with Gasteiger partial charge in [0, 0.05) is 10.5 Å². The second kappa shape index (κ2) is 11.7. The molecule has 0 aliphatic heterocycles. The molecule has 0 aliphatic carbocycles. The number of rotatable bonds is 9. The molecule has 3 aromatic carbocycles. The van der Waals surface area contributed by atoms with Crippen molar-refractivity contribution in [3.8, 4) is 5.75 Å². The molecule has 0 unspecified atom stereocenters. The van der Waals surface area contributed by atoms with Crippen molar-refractivity contribution >= 4 is 45.3 Å². The van der Waals surface area contributed by atoms with Gasteiger partial charge in [-0.05, 0) is 42.8 Å². The Balaban J connectivity index is 2.04. The van der Waals surface area contributed by atoms with Crippen LogP contribution in [-0.2, 0) is 19.5 Å². The van der Waals surface area contributed by atoms with Crippen molar-refractivity contribution in [2.75, 3.05) is 5.43 Å². The topological polar surface area (TPSA) is 200 Å². The van der Waals surface area contributed by atoms with Gasteiger partial charge in [-0.25, -0.2) is 10.1 Å². The van der Waals surface area contributed by atoms with E-state index in [0.29, 0.717) is 22.5 Å². The van der Waals surface area contributed by atoms with Gasteiger partial charge in [-0.3, -0.25) is 9.98 Å². The number of azo groups is 1. The van der Waals surface area contributed by atoms with Crippen molar-refractivity contribution in [1.29, 1.82) is 0 Å². The van der Waals surface area contributed by atoms with Crippen LogP contribution in [0.1, 0.15) is 21.5 Å². The van der Waals surface area contributed by atoms with Crippen molar-refractivity contribution in [3.63, 3.8) is 0 Å². The zero-order chi connectivity index (χ0) is 26.3. The number of carboxylic acid groups (broad SMARTS) is 1. The van der Waals surface area contributed by atoms with Gasteiger partial charge in [-0.1, -0.05) is 35.4 Å². The van der Waals surface area contributed by atoms with Crippen LogP contribution in [0.2, 0.25) is 0 Å². The van der Waals surface area contributed by atoms with Gasteiger partial charge >= 0.3 is 5.97 Å². The maximum absolute atomic E-state index is 11.6. The Bertz CT molecular complexity index is 1430. The molecule has 0 aliphatic rings. The number of hydrogen-bond acceptors (Lipinski definition) is 11. The van der Waals surface area contributed by atoms with E-state index in [1.54, 1.807) is 30.3 Å². The lowest BCUT2D eigenvalue weighted by Crippen LogP contribution is -2.04. The minimum absolute atomic E-state index is 0.0609. The van der Waals surface area contributed by atoms with E-state index in [2.05, 4.69) is 30.1 Å². The van der Waals surface area contributed by atoms with Gasteiger partial charge in [0.2, 0.25) is 5.84 Å². The largest absolute Gasteiger partial charge is 0.505 e. The lowest BCUT2D eigenvalue weighted by Gasteiger charge is -2.10. The van der Waals surface area contributed by atoms with Crippen LogP contribution in [0.25, 0.3) is 0 Å². The average molecular weight is 535 g/mol. The van der Waals surface area contributed by atoms with Gasteiger partial charge in [0.05, 0.1) is 28.2 Å². The monoisotopic (exact) mass is 534 g/mol. The fourth-order valence-corrected chi connectivity index (χ4v) is 3.79. The Morgan fingerprint density at radius 3 is 2.44 bits per heavy atom. The number of phenols is 1. The standard InChI is InChI=1S/C21H18N4O9S2/c1-12-9-15(36(30,31)32)11-18(19(12)26)23-25-20(13-5-3-2-4-6-13)24-22-17-10-14(35-34-33-29)7-8-16(17)21(27)28/h2-11,23,26,29H,1H3,(H,27,28)(H,30,31,32)/b24-22?,25-20-. The first kappa shape index (κ1) is 26.7. The maximum atomic E-state index is 11.6. The van der Waals surface area contributed by atoms with Crippen LogP contribution in [0.3, 0.4) is 0 Å². The first-order chi connectivity index (χ1) is 17.1.